The molecule has 33 heavy (non-hydrogen) atoms. The number of carbonyl (C=O) groups is 2. The molecule has 2 heterocycles. The molecule has 0 aromatic rings. The minimum atomic E-state index is 0.0938. The summed E-state index contributed by atoms with van der Waals surface area (Å²) in [6.07, 6.45) is 18.2. The molecular weight excluding hydrogens is 410 g/mol. The molecule has 5 heteroatoms. The van der Waals surface area contributed by atoms with Crippen molar-refractivity contribution in [3.05, 3.63) is 36.1 Å². The molecule has 5 rings (SSSR count). The van der Waals surface area contributed by atoms with E-state index in [1.54, 1.807) is 0 Å². The van der Waals surface area contributed by atoms with Crippen LogP contribution in [0.1, 0.15) is 58.8 Å². The predicted octanol–water partition coefficient (Wildman–Crippen LogP) is 4.13. The third-order valence-electron chi connectivity index (χ3n) is 10.5. The van der Waals surface area contributed by atoms with Crippen LogP contribution in [-0.2, 0) is 9.59 Å². The second-order valence-electron chi connectivity index (χ2n) is 11.9. The van der Waals surface area contributed by atoms with Crippen LogP contribution in [0, 0.1) is 34.5 Å². The molecule has 3 aliphatic carbocycles. The van der Waals surface area contributed by atoms with Gasteiger partial charge in [0.25, 0.3) is 0 Å². The van der Waals surface area contributed by atoms with Crippen LogP contribution in [0.15, 0.2) is 36.1 Å². The first-order valence-electron chi connectivity index (χ1n) is 13.0. The summed E-state index contributed by atoms with van der Waals surface area (Å²) in [5.74, 6) is 2.93. The van der Waals surface area contributed by atoms with E-state index in [1.165, 1.54) is 37.8 Å². The van der Waals surface area contributed by atoms with E-state index in [1.807, 2.05) is 18.0 Å². The van der Waals surface area contributed by atoms with Gasteiger partial charge in [0.1, 0.15) is 0 Å². The number of nitrogens with one attached hydrogen (secondary N) is 1. The average molecular weight is 452 g/mol. The maximum absolute atomic E-state index is 12.9. The molecular formula is C28H41N3O2. The maximum atomic E-state index is 12.9. The summed E-state index contributed by atoms with van der Waals surface area (Å²) < 4.78 is 0. The summed E-state index contributed by atoms with van der Waals surface area (Å²) in [6, 6.07) is 0.339. The fraction of sp³-hybridized carbons (Fsp3) is 0.714. The molecule has 0 aromatic carbocycles. The summed E-state index contributed by atoms with van der Waals surface area (Å²) in [4.78, 5) is 29.4. The van der Waals surface area contributed by atoms with E-state index in [0.29, 0.717) is 36.8 Å². The SMILES string of the molecule is CN1CC=CC=C1CNC(=O)C[C@H]1CC[C@H]2[C@@H]3CC[C@H]4N(C)C(=O)C=C[C@]4(C)[C@H]3CC[C@]12C. The van der Waals surface area contributed by atoms with Gasteiger partial charge in [-0.05, 0) is 79.8 Å². The second kappa shape index (κ2) is 8.32. The van der Waals surface area contributed by atoms with Gasteiger partial charge in [-0.1, -0.05) is 32.1 Å². The van der Waals surface area contributed by atoms with Crippen LogP contribution in [0.3, 0.4) is 0 Å². The second-order valence-corrected chi connectivity index (χ2v) is 11.9. The molecule has 2 aliphatic heterocycles. The number of hydrogen-bond acceptors (Lipinski definition) is 3. The minimum absolute atomic E-state index is 0.0938. The molecule has 2 amide bonds. The van der Waals surface area contributed by atoms with Crippen LogP contribution in [0.2, 0.25) is 0 Å². The summed E-state index contributed by atoms with van der Waals surface area (Å²) in [7, 11) is 4.07. The van der Waals surface area contributed by atoms with E-state index in [-0.39, 0.29) is 22.6 Å². The van der Waals surface area contributed by atoms with E-state index in [9.17, 15) is 9.59 Å². The summed E-state index contributed by atoms with van der Waals surface area (Å²) >= 11 is 0. The highest BCUT2D eigenvalue weighted by Crippen LogP contribution is 2.65. The third kappa shape index (κ3) is 3.66. The Bertz CT molecular complexity index is 907. The Kier molecular flexibility index (Phi) is 5.73. The molecule has 5 nitrogen and oxygen atoms in total. The zero-order valence-electron chi connectivity index (χ0n) is 20.8. The Hall–Kier alpha value is -2.04. The Labute approximate surface area is 199 Å². The van der Waals surface area contributed by atoms with Crippen molar-refractivity contribution >= 4 is 11.8 Å². The minimum Gasteiger partial charge on any atom is -0.373 e. The normalized spacial score (nSPS) is 41.9. The van der Waals surface area contributed by atoms with Crippen molar-refractivity contribution < 1.29 is 9.59 Å². The van der Waals surface area contributed by atoms with Gasteiger partial charge in [0, 0.05) is 44.2 Å². The van der Waals surface area contributed by atoms with Crippen LogP contribution in [0.4, 0.5) is 0 Å². The molecule has 0 aromatic heterocycles. The molecule has 3 saturated carbocycles. The number of fused-ring (bicyclic) bond motifs is 5. The van der Waals surface area contributed by atoms with Crippen LogP contribution in [0.5, 0.6) is 0 Å². The lowest BCUT2D eigenvalue weighted by Gasteiger charge is -2.60. The molecule has 0 bridgehead atoms. The average Bonchev–Trinajstić information content (AvgIpc) is 3.12. The van der Waals surface area contributed by atoms with Gasteiger partial charge in [0.05, 0.1) is 6.54 Å². The van der Waals surface area contributed by atoms with E-state index >= 15 is 0 Å². The first-order valence-corrected chi connectivity index (χ1v) is 13.0. The van der Waals surface area contributed by atoms with Crippen molar-refractivity contribution in [2.45, 2.75) is 64.8 Å². The largest absolute Gasteiger partial charge is 0.373 e. The van der Waals surface area contributed by atoms with E-state index in [0.717, 1.165) is 18.9 Å². The van der Waals surface area contributed by atoms with Gasteiger partial charge in [-0.3, -0.25) is 9.59 Å². The fourth-order valence-electron chi connectivity index (χ4n) is 8.50. The van der Waals surface area contributed by atoms with Crippen molar-refractivity contribution in [3.8, 4) is 0 Å². The number of amides is 2. The maximum Gasteiger partial charge on any atom is 0.246 e. The lowest BCUT2D eigenvalue weighted by atomic mass is 9.47. The van der Waals surface area contributed by atoms with Crippen molar-refractivity contribution in [3.63, 3.8) is 0 Å². The number of hydrogen-bond donors (Lipinski definition) is 1. The highest BCUT2D eigenvalue weighted by Gasteiger charge is 2.60. The number of carbonyl (C=O) groups excluding carboxylic acids is 2. The van der Waals surface area contributed by atoms with Crippen LogP contribution in [0.25, 0.3) is 0 Å². The highest BCUT2D eigenvalue weighted by molar-refractivity contribution is 5.89. The molecule has 180 valence electrons. The number of nitrogens with zero attached hydrogens (tertiary/aromatic N) is 2. The van der Waals surface area contributed by atoms with Crippen molar-refractivity contribution in [1.29, 1.82) is 0 Å². The summed E-state index contributed by atoms with van der Waals surface area (Å²) in [6.45, 7) is 6.42. The van der Waals surface area contributed by atoms with Gasteiger partial charge in [-0.25, -0.2) is 0 Å². The molecule has 5 aliphatic rings. The van der Waals surface area contributed by atoms with Crippen LogP contribution >= 0.6 is 0 Å². The molecule has 7 atom stereocenters. The number of rotatable bonds is 4. The van der Waals surface area contributed by atoms with Gasteiger partial charge >= 0.3 is 0 Å². The van der Waals surface area contributed by atoms with E-state index < -0.39 is 0 Å². The lowest BCUT2D eigenvalue weighted by Crippen LogP contribution is -2.59. The predicted molar refractivity (Wildman–Crippen MR) is 131 cm³/mol. The van der Waals surface area contributed by atoms with Gasteiger partial charge in [-0.2, -0.15) is 0 Å². The molecule has 1 N–H and O–H groups in total. The quantitative estimate of drug-likeness (QED) is 0.699. The highest BCUT2D eigenvalue weighted by atomic mass is 16.2. The summed E-state index contributed by atoms with van der Waals surface area (Å²) in [5, 5.41) is 3.20. The number of likely N-dealkylation sites (N-methyl/N-ethyl adjacent to an activating group) is 2. The van der Waals surface area contributed by atoms with Crippen LogP contribution < -0.4 is 5.32 Å². The lowest BCUT2D eigenvalue weighted by molar-refractivity contribution is -0.139. The Morgan fingerprint density at radius 1 is 1.12 bits per heavy atom. The van der Waals surface area contributed by atoms with E-state index in [2.05, 4.69) is 55.4 Å². The Balaban J connectivity index is 1.26. The van der Waals surface area contributed by atoms with Crippen LogP contribution in [-0.4, -0.2) is 54.8 Å². The molecule has 0 saturated heterocycles. The molecule has 0 spiro atoms. The Morgan fingerprint density at radius 2 is 1.94 bits per heavy atom. The third-order valence-corrected chi connectivity index (χ3v) is 10.5. The Morgan fingerprint density at radius 3 is 2.73 bits per heavy atom. The molecule has 0 unspecified atom stereocenters. The monoisotopic (exact) mass is 451 g/mol. The van der Waals surface area contributed by atoms with Crippen molar-refractivity contribution in [2.75, 3.05) is 27.2 Å². The van der Waals surface area contributed by atoms with Gasteiger partial charge in [-0.15, -0.1) is 0 Å². The van der Waals surface area contributed by atoms with Crippen molar-refractivity contribution in [2.24, 2.45) is 34.5 Å². The first-order chi connectivity index (χ1) is 15.7. The topological polar surface area (TPSA) is 52.7 Å². The zero-order valence-corrected chi connectivity index (χ0v) is 20.8. The first kappa shape index (κ1) is 22.7. The molecule has 0 radical (unpaired) electrons. The van der Waals surface area contributed by atoms with Gasteiger partial charge < -0.3 is 15.1 Å². The number of allylic oxidation sites excluding steroid dienone is 2. The molecule has 3 fully saturated rings. The van der Waals surface area contributed by atoms with E-state index in [4.69, 9.17) is 0 Å². The summed E-state index contributed by atoms with van der Waals surface area (Å²) in [5.41, 5.74) is 1.54. The van der Waals surface area contributed by atoms with Gasteiger partial charge in [0.2, 0.25) is 11.8 Å². The van der Waals surface area contributed by atoms with Gasteiger partial charge in [0.15, 0.2) is 0 Å². The fourth-order valence-corrected chi connectivity index (χ4v) is 8.50. The van der Waals surface area contributed by atoms with Crippen molar-refractivity contribution in [1.82, 2.24) is 15.1 Å². The zero-order chi connectivity index (χ0) is 23.4. The standard InChI is InChI=1S/C28H41N3O2/c1-27-14-12-23-21(9-11-24-28(23,2)15-13-26(33)31(24)4)22(27)10-8-19(27)17-25(32)29-18-20-7-5-6-16-30(20)3/h5-7,13,15,19,21-24H,8-12,14,16-18H2,1-4H3,(H,29,32)/t19-,21+,22+,23+,24-,27-,28-/m1/s1. The smallest absolute Gasteiger partial charge is 0.246 e.